The summed E-state index contributed by atoms with van der Waals surface area (Å²) in [4.78, 5) is 11.0. The van der Waals surface area contributed by atoms with Gasteiger partial charge in [-0.25, -0.2) is 0 Å². The van der Waals surface area contributed by atoms with Gasteiger partial charge in [0.2, 0.25) is 0 Å². The van der Waals surface area contributed by atoms with Gasteiger partial charge in [0.15, 0.2) is 0 Å². The van der Waals surface area contributed by atoms with Crippen molar-refractivity contribution in [3.8, 4) is 0 Å². The number of hydrogen-bond donors (Lipinski definition) is 3. The first-order valence-corrected chi connectivity index (χ1v) is 4.35. The topological polar surface area (TPSA) is 78.8 Å². The maximum Gasteiger partial charge on any atom is 0.315 e. The number of aliphatic carboxylic acids is 1. The second-order valence-electron chi connectivity index (χ2n) is 3.82. The first kappa shape index (κ1) is 8.93. The first-order chi connectivity index (χ1) is 6.11. The molecule has 0 amide bonds. The minimum atomic E-state index is -1.18. The van der Waals surface area contributed by atoms with Gasteiger partial charge in [-0.2, -0.15) is 0 Å². The summed E-state index contributed by atoms with van der Waals surface area (Å²) in [5.41, 5.74) is -2.20. The highest BCUT2D eigenvalue weighted by molar-refractivity contribution is 5.78. The predicted octanol–water partition coefficient (Wildman–Crippen LogP) is -1.19. The molecule has 1 unspecified atom stereocenters. The largest absolute Gasteiger partial charge is 0.481 e. The van der Waals surface area contributed by atoms with Crippen molar-refractivity contribution < 1.29 is 19.7 Å². The smallest absolute Gasteiger partial charge is 0.315 e. The van der Waals surface area contributed by atoms with Gasteiger partial charge in [0.1, 0.15) is 11.0 Å². The minimum Gasteiger partial charge on any atom is -0.481 e. The molecule has 0 saturated carbocycles. The zero-order valence-corrected chi connectivity index (χ0v) is 7.25. The molecular weight excluding hydrogens is 174 g/mol. The zero-order valence-electron chi connectivity index (χ0n) is 7.25. The molecule has 3 N–H and O–H groups in total. The van der Waals surface area contributed by atoms with Crippen molar-refractivity contribution in [1.82, 2.24) is 5.32 Å². The van der Waals surface area contributed by atoms with Crippen molar-refractivity contribution in [2.45, 2.75) is 12.0 Å². The highest BCUT2D eigenvalue weighted by Crippen LogP contribution is 2.41. The van der Waals surface area contributed by atoms with Crippen LogP contribution in [0.3, 0.4) is 0 Å². The standard InChI is InChI=1S/C8H13NO4/c10-6(11)7(3-9-4-7)8(12)1-2-13-5-8/h9,12H,1-5H2,(H,10,11). The summed E-state index contributed by atoms with van der Waals surface area (Å²) in [5.74, 6) is -0.931. The minimum absolute atomic E-state index is 0.140. The van der Waals surface area contributed by atoms with Gasteiger partial charge in [0.05, 0.1) is 6.61 Å². The average Bonchev–Trinajstić information content (AvgIpc) is 2.32. The van der Waals surface area contributed by atoms with Crippen LogP contribution in [0.4, 0.5) is 0 Å². The summed E-state index contributed by atoms with van der Waals surface area (Å²) in [5, 5.41) is 22.0. The highest BCUT2D eigenvalue weighted by Gasteiger charge is 2.61. The van der Waals surface area contributed by atoms with Crippen molar-refractivity contribution in [2.75, 3.05) is 26.3 Å². The predicted molar refractivity (Wildman–Crippen MR) is 43.3 cm³/mol. The Labute approximate surface area is 75.7 Å². The number of hydrogen-bond acceptors (Lipinski definition) is 4. The van der Waals surface area contributed by atoms with E-state index in [0.29, 0.717) is 26.1 Å². The Balaban J connectivity index is 2.24. The molecule has 0 spiro atoms. The Morgan fingerprint density at radius 1 is 1.46 bits per heavy atom. The fourth-order valence-corrected chi connectivity index (χ4v) is 1.99. The lowest BCUT2D eigenvalue weighted by molar-refractivity contribution is -0.178. The van der Waals surface area contributed by atoms with Crippen LogP contribution in [-0.4, -0.2) is 48.1 Å². The molecule has 13 heavy (non-hydrogen) atoms. The van der Waals surface area contributed by atoms with E-state index in [2.05, 4.69) is 5.32 Å². The molecule has 2 heterocycles. The van der Waals surface area contributed by atoms with Crippen molar-refractivity contribution in [3.63, 3.8) is 0 Å². The molecular formula is C8H13NO4. The van der Waals surface area contributed by atoms with Crippen LogP contribution in [0, 0.1) is 5.41 Å². The van der Waals surface area contributed by atoms with Crippen LogP contribution in [0.5, 0.6) is 0 Å². The third-order valence-electron chi connectivity index (χ3n) is 3.15. The lowest BCUT2D eigenvalue weighted by atomic mass is 9.67. The number of carboxylic acid groups (broad SMARTS) is 1. The van der Waals surface area contributed by atoms with Crippen LogP contribution >= 0.6 is 0 Å². The van der Waals surface area contributed by atoms with Gasteiger partial charge in [0, 0.05) is 26.1 Å². The monoisotopic (exact) mass is 187 g/mol. The van der Waals surface area contributed by atoms with E-state index >= 15 is 0 Å². The van der Waals surface area contributed by atoms with Crippen LogP contribution in [-0.2, 0) is 9.53 Å². The molecule has 0 aromatic heterocycles. The second kappa shape index (κ2) is 2.67. The Kier molecular flexibility index (Phi) is 1.83. The third-order valence-corrected chi connectivity index (χ3v) is 3.15. The number of nitrogens with one attached hydrogen (secondary N) is 1. The van der Waals surface area contributed by atoms with E-state index in [9.17, 15) is 9.90 Å². The Morgan fingerprint density at radius 3 is 2.46 bits per heavy atom. The Bertz CT molecular complexity index is 230. The van der Waals surface area contributed by atoms with Gasteiger partial charge < -0.3 is 20.3 Å². The lowest BCUT2D eigenvalue weighted by Crippen LogP contribution is -2.70. The Hall–Kier alpha value is -0.650. The molecule has 2 saturated heterocycles. The first-order valence-electron chi connectivity index (χ1n) is 4.35. The van der Waals surface area contributed by atoms with E-state index in [-0.39, 0.29) is 6.61 Å². The van der Waals surface area contributed by atoms with E-state index in [1.807, 2.05) is 0 Å². The molecule has 2 aliphatic heterocycles. The maximum absolute atomic E-state index is 11.0. The summed E-state index contributed by atoms with van der Waals surface area (Å²) in [6.45, 7) is 1.26. The molecule has 5 heteroatoms. The van der Waals surface area contributed by atoms with Crippen LogP contribution in [0.15, 0.2) is 0 Å². The molecule has 5 nitrogen and oxygen atoms in total. The average molecular weight is 187 g/mol. The molecule has 0 radical (unpaired) electrons. The van der Waals surface area contributed by atoms with Gasteiger partial charge in [-0.3, -0.25) is 4.79 Å². The maximum atomic E-state index is 11.0. The van der Waals surface area contributed by atoms with Gasteiger partial charge in [-0.1, -0.05) is 0 Å². The van der Waals surface area contributed by atoms with E-state index in [0.717, 1.165) is 0 Å². The van der Waals surface area contributed by atoms with Gasteiger partial charge in [-0.15, -0.1) is 0 Å². The molecule has 0 aromatic carbocycles. The molecule has 2 fully saturated rings. The van der Waals surface area contributed by atoms with Gasteiger partial charge in [-0.05, 0) is 0 Å². The third kappa shape index (κ3) is 1.01. The van der Waals surface area contributed by atoms with Gasteiger partial charge >= 0.3 is 5.97 Å². The fourth-order valence-electron chi connectivity index (χ4n) is 1.99. The summed E-state index contributed by atoms with van der Waals surface area (Å²) in [7, 11) is 0. The van der Waals surface area contributed by atoms with Crippen molar-refractivity contribution in [1.29, 1.82) is 0 Å². The number of ether oxygens (including phenoxy) is 1. The highest BCUT2D eigenvalue weighted by atomic mass is 16.5. The van der Waals surface area contributed by atoms with Crippen LogP contribution < -0.4 is 5.32 Å². The van der Waals surface area contributed by atoms with Crippen LogP contribution in [0.25, 0.3) is 0 Å². The number of aliphatic hydroxyl groups is 1. The molecule has 0 aromatic rings. The zero-order chi connectivity index (χ0) is 9.53. The normalized spacial score (nSPS) is 37.0. The molecule has 1 atom stereocenters. The summed E-state index contributed by atoms with van der Waals surface area (Å²) >= 11 is 0. The van der Waals surface area contributed by atoms with E-state index in [4.69, 9.17) is 9.84 Å². The number of carbonyl (C=O) groups is 1. The van der Waals surface area contributed by atoms with E-state index < -0.39 is 17.0 Å². The van der Waals surface area contributed by atoms with Crippen molar-refractivity contribution in [2.24, 2.45) is 5.41 Å². The second-order valence-corrected chi connectivity index (χ2v) is 3.82. The molecule has 0 aliphatic carbocycles. The summed E-state index contributed by atoms with van der Waals surface area (Å²) < 4.78 is 5.05. The summed E-state index contributed by atoms with van der Waals surface area (Å²) in [6, 6.07) is 0. The lowest BCUT2D eigenvalue weighted by Gasteiger charge is -2.47. The SMILES string of the molecule is O=C(O)C1(C2(O)CCOC2)CNC1. The van der Waals surface area contributed by atoms with Crippen molar-refractivity contribution in [3.05, 3.63) is 0 Å². The Morgan fingerprint density at radius 2 is 2.15 bits per heavy atom. The van der Waals surface area contributed by atoms with E-state index in [1.54, 1.807) is 0 Å². The van der Waals surface area contributed by atoms with Crippen molar-refractivity contribution >= 4 is 5.97 Å². The summed E-state index contributed by atoms with van der Waals surface area (Å²) in [6.07, 6.45) is 0.418. The molecule has 2 aliphatic rings. The molecule has 74 valence electrons. The molecule has 2 rings (SSSR count). The quantitative estimate of drug-likeness (QED) is 0.506. The van der Waals surface area contributed by atoms with Crippen LogP contribution in [0.1, 0.15) is 6.42 Å². The number of carboxylic acids is 1. The van der Waals surface area contributed by atoms with Gasteiger partial charge in [0.25, 0.3) is 0 Å². The van der Waals surface area contributed by atoms with E-state index in [1.165, 1.54) is 0 Å². The molecule has 0 bridgehead atoms. The number of rotatable bonds is 2. The fraction of sp³-hybridized carbons (Fsp3) is 0.875. The van der Waals surface area contributed by atoms with Crippen LogP contribution in [0.2, 0.25) is 0 Å².